The van der Waals surface area contributed by atoms with E-state index in [4.69, 9.17) is 16.3 Å². The van der Waals surface area contributed by atoms with E-state index in [-0.39, 0.29) is 62.2 Å². The highest BCUT2D eigenvalue weighted by Gasteiger charge is 2.36. The highest BCUT2D eigenvalue weighted by Crippen LogP contribution is 2.35. The fourth-order valence-electron chi connectivity index (χ4n) is 3.51. The van der Waals surface area contributed by atoms with Gasteiger partial charge in [-0.3, -0.25) is 4.79 Å². The number of carbonyl (C=O) groups is 2. The Morgan fingerprint density at radius 2 is 2.04 bits per heavy atom. The zero-order valence-corrected chi connectivity index (χ0v) is 15.9. The van der Waals surface area contributed by atoms with Gasteiger partial charge in [-0.1, -0.05) is 17.7 Å². The third-order valence-corrected chi connectivity index (χ3v) is 5.51. The van der Waals surface area contributed by atoms with Crippen LogP contribution in [-0.4, -0.2) is 43.0 Å². The Morgan fingerprint density at radius 3 is 2.64 bits per heavy atom. The maximum Gasteiger partial charge on any atom is 0.315 e. The van der Waals surface area contributed by atoms with Gasteiger partial charge in [0.05, 0.1) is 17.7 Å². The molecule has 0 spiro atoms. The molecule has 1 aliphatic carbocycles. The Labute approximate surface area is 166 Å². The predicted molar refractivity (Wildman–Crippen MR) is 97.3 cm³/mol. The first-order valence-corrected chi connectivity index (χ1v) is 9.63. The first-order valence-electron chi connectivity index (χ1n) is 9.25. The van der Waals surface area contributed by atoms with Crippen LogP contribution in [-0.2, 0) is 9.53 Å². The second kappa shape index (κ2) is 8.69. The van der Waals surface area contributed by atoms with Gasteiger partial charge in [0.1, 0.15) is 11.9 Å². The highest BCUT2D eigenvalue weighted by atomic mass is 35.5. The van der Waals surface area contributed by atoms with Gasteiger partial charge in [-0.05, 0) is 30.5 Å². The molecule has 28 heavy (non-hydrogen) atoms. The van der Waals surface area contributed by atoms with Crippen LogP contribution in [0.2, 0.25) is 5.02 Å². The van der Waals surface area contributed by atoms with Crippen LogP contribution >= 0.6 is 11.6 Å². The summed E-state index contributed by atoms with van der Waals surface area (Å²) in [6, 6.07) is 3.15. The molecule has 0 aromatic heterocycles. The summed E-state index contributed by atoms with van der Waals surface area (Å²) in [5.74, 6) is -3.83. The standard InChI is InChI=1S/C19H22ClF3N2O3/c20-14-7-11(1-2-15(14)21)12(8-17(26)16-9-24-18(27)25-16)10-28-13-3-5-19(22,23)6-4-13/h1-2,7,12-13,16H,3-6,8-10H2,(H2,24,25,27)/t12?,16-/m0/s1. The van der Waals surface area contributed by atoms with Gasteiger partial charge in [-0.2, -0.15) is 0 Å². The third kappa shape index (κ3) is 5.38. The summed E-state index contributed by atoms with van der Waals surface area (Å²) < 4.78 is 45.9. The van der Waals surface area contributed by atoms with Crippen molar-refractivity contribution in [2.75, 3.05) is 13.2 Å². The largest absolute Gasteiger partial charge is 0.378 e. The topological polar surface area (TPSA) is 67.4 Å². The van der Waals surface area contributed by atoms with Gasteiger partial charge in [0, 0.05) is 31.7 Å². The molecule has 2 aliphatic rings. The summed E-state index contributed by atoms with van der Waals surface area (Å²) in [5.41, 5.74) is 0.623. The maximum absolute atomic E-state index is 13.5. The van der Waals surface area contributed by atoms with E-state index in [0.717, 1.165) is 0 Å². The molecule has 2 fully saturated rings. The van der Waals surface area contributed by atoms with Crippen molar-refractivity contribution in [3.05, 3.63) is 34.6 Å². The normalized spacial score (nSPS) is 23.1. The lowest BCUT2D eigenvalue weighted by Crippen LogP contribution is -2.36. The van der Waals surface area contributed by atoms with Crippen molar-refractivity contribution >= 4 is 23.4 Å². The molecule has 1 aromatic rings. The number of alkyl halides is 2. The number of amides is 2. The van der Waals surface area contributed by atoms with Gasteiger partial charge in [-0.25, -0.2) is 18.0 Å². The molecular weight excluding hydrogens is 397 g/mol. The van der Waals surface area contributed by atoms with Crippen LogP contribution in [0, 0.1) is 5.82 Å². The molecule has 5 nitrogen and oxygen atoms in total. The van der Waals surface area contributed by atoms with Crippen molar-refractivity contribution in [3.63, 3.8) is 0 Å². The molecule has 0 bridgehead atoms. The number of hydrogen-bond donors (Lipinski definition) is 2. The van der Waals surface area contributed by atoms with E-state index in [2.05, 4.69) is 10.6 Å². The van der Waals surface area contributed by atoms with Gasteiger partial charge in [0.2, 0.25) is 5.92 Å². The van der Waals surface area contributed by atoms with Gasteiger partial charge < -0.3 is 15.4 Å². The summed E-state index contributed by atoms with van der Waals surface area (Å²) in [6.45, 7) is 0.325. The minimum Gasteiger partial charge on any atom is -0.378 e. The molecule has 0 radical (unpaired) electrons. The SMILES string of the molecule is O=C1NC[C@@H](C(=O)CC(COC2CCC(F)(F)CC2)c2ccc(F)c(Cl)c2)N1. The molecule has 9 heteroatoms. The van der Waals surface area contributed by atoms with E-state index >= 15 is 0 Å². The van der Waals surface area contributed by atoms with E-state index in [1.165, 1.54) is 18.2 Å². The van der Waals surface area contributed by atoms with Crippen LogP contribution in [0.15, 0.2) is 18.2 Å². The Bertz CT molecular complexity index is 737. The number of carbonyl (C=O) groups excluding carboxylic acids is 2. The molecule has 3 rings (SSSR count). The van der Waals surface area contributed by atoms with Crippen molar-refractivity contribution in [1.82, 2.24) is 10.6 Å². The summed E-state index contributed by atoms with van der Waals surface area (Å²) in [5, 5.41) is 5.00. The lowest BCUT2D eigenvalue weighted by molar-refractivity contribution is -0.121. The highest BCUT2D eigenvalue weighted by molar-refractivity contribution is 6.30. The first kappa shape index (κ1) is 20.9. The number of ether oxygens (including phenoxy) is 1. The van der Waals surface area contributed by atoms with Crippen LogP contribution in [0.25, 0.3) is 0 Å². The van der Waals surface area contributed by atoms with E-state index < -0.39 is 29.7 Å². The van der Waals surface area contributed by atoms with E-state index in [1.807, 2.05) is 0 Å². The van der Waals surface area contributed by atoms with Gasteiger partial charge in [0.25, 0.3) is 0 Å². The fourth-order valence-corrected chi connectivity index (χ4v) is 3.70. The van der Waals surface area contributed by atoms with Crippen LogP contribution in [0.3, 0.4) is 0 Å². The van der Waals surface area contributed by atoms with Crippen molar-refractivity contribution in [2.24, 2.45) is 0 Å². The lowest BCUT2D eigenvalue weighted by Gasteiger charge is -2.29. The monoisotopic (exact) mass is 418 g/mol. The average molecular weight is 419 g/mol. The van der Waals surface area contributed by atoms with Gasteiger partial charge in [0.15, 0.2) is 5.78 Å². The number of nitrogens with one attached hydrogen (secondary N) is 2. The number of benzene rings is 1. The molecule has 1 aliphatic heterocycles. The molecule has 2 atom stereocenters. The summed E-state index contributed by atoms with van der Waals surface area (Å²) in [4.78, 5) is 23.8. The Morgan fingerprint density at radius 1 is 1.32 bits per heavy atom. The number of ketones is 1. The molecule has 1 saturated carbocycles. The maximum atomic E-state index is 13.5. The molecule has 1 unspecified atom stereocenters. The Balaban J connectivity index is 1.66. The zero-order valence-electron chi connectivity index (χ0n) is 15.2. The number of urea groups is 1. The van der Waals surface area contributed by atoms with Crippen molar-refractivity contribution in [1.29, 1.82) is 0 Å². The number of Topliss-reactive ketones (excluding diaryl/α,β-unsaturated/α-hetero) is 1. The van der Waals surface area contributed by atoms with Crippen LogP contribution < -0.4 is 10.6 Å². The molecule has 2 amide bonds. The van der Waals surface area contributed by atoms with E-state index in [0.29, 0.717) is 5.56 Å². The number of halogens is 4. The first-order chi connectivity index (χ1) is 13.2. The summed E-state index contributed by atoms with van der Waals surface area (Å²) >= 11 is 5.87. The lowest BCUT2D eigenvalue weighted by atomic mass is 9.91. The molecule has 1 saturated heterocycles. The molecule has 154 valence electrons. The van der Waals surface area contributed by atoms with Crippen molar-refractivity contribution in [2.45, 2.75) is 56.1 Å². The molecular formula is C19H22ClF3N2O3. The van der Waals surface area contributed by atoms with Gasteiger partial charge in [-0.15, -0.1) is 0 Å². The zero-order chi connectivity index (χ0) is 20.3. The average Bonchev–Trinajstić information content (AvgIpc) is 3.08. The predicted octanol–water partition coefficient (Wildman–Crippen LogP) is 3.80. The summed E-state index contributed by atoms with van der Waals surface area (Å²) in [7, 11) is 0. The smallest absolute Gasteiger partial charge is 0.315 e. The molecule has 1 heterocycles. The molecule has 1 aromatic carbocycles. The van der Waals surface area contributed by atoms with E-state index in [9.17, 15) is 22.8 Å². The van der Waals surface area contributed by atoms with Crippen LogP contribution in [0.1, 0.15) is 43.6 Å². The third-order valence-electron chi connectivity index (χ3n) is 5.22. The quantitative estimate of drug-likeness (QED) is 0.707. The summed E-state index contributed by atoms with van der Waals surface area (Å²) in [6.07, 6.45) is -0.188. The van der Waals surface area contributed by atoms with Crippen molar-refractivity contribution in [3.8, 4) is 0 Å². The number of rotatable bonds is 7. The fraction of sp³-hybridized carbons (Fsp3) is 0.579. The molecule has 2 N–H and O–H groups in total. The Hall–Kier alpha value is -1.80. The Kier molecular flexibility index (Phi) is 6.50. The minimum absolute atomic E-state index is 0.0530. The van der Waals surface area contributed by atoms with Gasteiger partial charge >= 0.3 is 6.03 Å². The number of hydrogen-bond acceptors (Lipinski definition) is 3. The van der Waals surface area contributed by atoms with Crippen molar-refractivity contribution < 1.29 is 27.5 Å². The van der Waals surface area contributed by atoms with E-state index in [1.54, 1.807) is 0 Å². The minimum atomic E-state index is -2.65. The second-order valence-electron chi connectivity index (χ2n) is 7.34. The van der Waals surface area contributed by atoms with Crippen LogP contribution in [0.5, 0.6) is 0 Å². The van der Waals surface area contributed by atoms with Crippen LogP contribution in [0.4, 0.5) is 18.0 Å². The second-order valence-corrected chi connectivity index (χ2v) is 7.74.